The lowest BCUT2D eigenvalue weighted by Gasteiger charge is -2.15. The maximum Gasteiger partial charge on any atom is 0.262 e. The largest absolute Gasteiger partial charge is 0.489 e. The maximum atomic E-state index is 5.52. The number of anilines is 1. The van der Waals surface area contributed by atoms with Gasteiger partial charge in [0.05, 0.1) is 13.7 Å². The van der Waals surface area contributed by atoms with Crippen LogP contribution in [0.1, 0.15) is 6.92 Å². The predicted molar refractivity (Wildman–Crippen MR) is 58.4 cm³/mol. The third-order valence-electron chi connectivity index (χ3n) is 1.83. The minimum Gasteiger partial charge on any atom is -0.489 e. The highest BCUT2D eigenvalue weighted by Crippen LogP contribution is 2.30. The smallest absolute Gasteiger partial charge is 0.262 e. The quantitative estimate of drug-likeness (QED) is 0.530. The molecule has 7 heteroatoms. The Morgan fingerprint density at radius 1 is 1.44 bits per heavy atom. The van der Waals surface area contributed by atoms with Gasteiger partial charge in [-0.3, -0.25) is 0 Å². The minimum atomic E-state index is -0.139. The van der Waals surface area contributed by atoms with Crippen molar-refractivity contribution >= 4 is 5.82 Å². The molecule has 1 rings (SSSR count). The SMILES string of the molecule is COCC(C)Oc1ncnc(NN)c1OC. The van der Waals surface area contributed by atoms with E-state index in [0.717, 1.165) is 0 Å². The highest BCUT2D eigenvalue weighted by atomic mass is 16.5. The maximum absolute atomic E-state index is 5.52. The molecule has 0 fully saturated rings. The topological polar surface area (TPSA) is 91.5 Å². The molecule has 0 amide bonds. The van der Waals surface area contributed by atoms with Crippen LogP contribution < -0.4 is 20.7 Å². The standard InChI is InChI=1S/C9H16N4O3/c1-6(4-14-2)16-9-7(15-3)8(13-10)11-5-12-9/h5-6H,4,10H2,1-3H3,(H,11,12,13). The van der Waals surface area contributed by atoms with Gasteiger partial charge in [-0.25, -0.2) is 10.8 Å². The molecule has 0 radical (unpaired) electrons. The first-order valence-electron chi connectivity index (χ1n) is 4.74. The third kappa shape index (κ3) is 2.94. The fourth-order valence-electron chi connectivity index (χ4n) is 1.19. The van der Waals surface area contributed by atoms with Gasteiger partial charge >= 0.3 is 0 Å². The van der Waals surface area contributed by atoms with Gasteiger partial charge in [0.25, 0.3) is 5.88 Å². The number of nitrogens with one attached hydrogen (secondary N) is 1. The van der Waals surface area contributed by atoms with E-state index >= 15 is 0 Å². The fraction of sp³-hybridized carbons (Fsp3) is 0.556. The zero-order chi connectivity index (χ0) is 12.0. The first-order chi connectivity index (χ1) is 7.72. The molecule has 0 spiro atoms. The van der Waals surface area contributed by atoms with E-state index in [-0.39, 0.29) is 6.10 Å². The van der Waals surface area contributed by atoms with Crippen LogP contribution in [0.3, 0.4) is 0 Å². The van der Waals surface area contributed by atoms with Gasteiger partial charge in [0, 0.05) is 7.11 Å². The van der Waals surface area contributed by atoms with Crippen molar-refractivity contribution in [2.24, 2.45) is 5.84 Å². The highest BCUT2D eigenvalue weighted by molar-refractivity contribution is 5.54. The Morgan fingerprint density at radius 2 is 2.19 bits per heavy atom. The summed E-state index contributed by atoms with van der Waals surface area (Å²) in [5.41, 5.74) is 2.40. The van der Waals surface area contributed by atoms with Crippen molar-refractivity contribution in [2.75, 3.05) is 26.3 Å². The van der Waals surface area contributed by atoms with Crippen molar-refractivity contribution in [1.82, 2.24) is 9.97 Å². The average Bonchev–Trinajstić information content (AvgIpc) is 2.29. The predicted octanol–water partition coefficient (Wildman–Crippen LogP) is 0.185. The van der Waals surface area contributed by atoms with E-state index in [1.54, 1.807) is 7.11 Å². The van der Waals surface area contributed by atoms with Gasteiger partial charge in [-0.15, -0.1) is 0 Å². The lowest BCUT2D eigenvalue weighted by atomic mass is 10.4. The molecule has 0 bridgehead atoms. The Labute approximate surface area is 93.9 Å². The van der Waals surface area contributed by atoms with Gasteiger partial charge in [-0.05, 0) is 6.92 Å². The van der Waals surface area contributed by atoms with E-state index in [9.17, 15) is 0 Å². The summed E-state index contributed by atoms with van der Waals surface area (Å²) in [6, 6.07) is 0. The molecule has 1 aromatic rings. The molecule has 0 saturated heterocycles. The third-order valence-corrected chi connectivity index (χ3v) is 1.83. The van der Waals surface area contributed by atoms with Gasteiger partial charge in [0.1, 0.15) is 12.4 Å². The molecule has 0 aliphatic carbocycles. The van der Waals surface area contributed by atoms with Crippen LogP contribution in [0, 0.1) is 0 Å². The van der Waals surface area contributed by atoms with Crippen LogP contribution in [-0.4, -0.2) is 36.9 Å². The molecule has 0 saturated carbocycles. The zero-order valence-electron chi connectivity index (χ0n) is 9.56. The number of aromatic nitrogens is 2. The molecule has 1 atom stereocenters. The van der Waals surface area contributed by atoms with Crippen molar-refractivity contribution in [3.05, 3.63) is 6.33 Å². The lowest BCUT2D eigenvalue weighted by molar-refractivity contribution is 0.0866. The van der Waals surface area contributed by atoms with Crippen LogP contribution in [0.25, 0.3) is 0 Å². The van der Waals surface area contributed by atoms with Crippen LogP contribution in [0.2, 0.25) is 0 Å². The van der Waals surface area contributed by atoms with Crippen molar-refractivity contribution in [3.8, 4) is 11.6 Å². The first kappa shape index (κ1) is 12.5. The molecule has 90 valence electrons. The summed E-state index contributed by atoms with van der Waals surface area (Å²) in [6.45, 7) is 2.32. The fourth-order valence-corrected chi connectivity index (χ4v) is 1.19. The summed E-state index contributed by atoms with van der Waals surface area (Å²) in [4.78, 5) is 7.87. The number of hydrogen-bond donors (Lipinski definition) is 2. The summed E-state index contributed by atoms with van der Waals surface area (Å²) in [5.74, 6) is 6.35. The Balaban J connectivity index is 2.86. The van der Waals surface area contributed by atoms with Gasteiger partial charge in [0.2, 0.25) is 5.75 Å². The minimum absolute atomic E-state index is 0.139. The van der Waals surface area contributed by atoms with Gasteiger partial charge in [0.15, 0.2) is 5.82 Å². The molecule has 1 heterocycles. The Bertz CT molecular complexity index is 335. The molecule has 0 aliphatic heterocycles. The van der Waals surface area contributed by atoms with Gasteiger partial charge in [-0.2, -0.15) is 4.98 Å². The summed E-state index contributed by atoms with van der Waals surface area (Å²) in [5, 5.41) is 0. The molecule has 3 N–H and O–H groups in total. The molecule has 0 aromatic carbocycles. The Kier molecular flexibility index (Phi) is 4.74. The molecular formula is C9H16N4O3. The number of nitrogens with zero attached hydrogens (tertiary/aromatic N) is 2. The van der Waals surface area contributed by atoms with Crippen LogP contribution in [0.4, 0.5) is 5.82 Å². The van der Waals surface area contributed by atoms with Crippen molar-refractivity contribution in [2.45, 2.75) is 13.0 Å². The number of nitrogens with two attached hydrogens (primary N) is 1. The van der Waals surface area contributed by atoms with E-state index in [0.29, 0.717) is 24.1 Å². The lowest BCUT2D eigenvalue weighted by Crippen LogP contribution is -2.20. The zero-order valence-corrected chi connectivity index (χ0v) is 9.56. The van der Waals surface area contributed by atoms with Crippen molar-refractivity contribution in [3.63, 3.8) is 0 Å². The number of hydrazine groups is 1. The molecule has 16 heavy (non-hydrogen) atoms. The summed E-state index contributed by atoms with van der Waals surface area (Å²) < 4.78 is 15.6. The number of hydrogen-bond acceptors (Lipinski definition) is 7. The average molecular weight is 228 g/mol. The van der Waals surface area contributed by atoms with E-state index in [1.165, 1.54) is 13.4 Å². The summed E-state index contributed by atoms with van der Waals surface area (Å²) in [7, 11) is 3.09. The van der Waals surface area contributed by atoms with E-state index in [4.69, 9.17) is 20.1 Å². The molecular weight excluding hydrogens is 212 g/mol. The molecule has 1 aromatic heterocycles. The van der Waals surface area contributed by atoms with Gasteiger partial charge in [-0.1, -0.05) is 0 Å². The van der Waals surface area contributed by atoms with E-state index in [1.807, 2.05) is 6.92 Å². The van der Waals surface area contributed by atoms with E-state index < -0.39 is 0 Å². The van der Waals surface area contributed by atoms with Crippen LogP contribution in [0.5, 0.6) is 11.6 Å². The second-order valence-electron chi connectivity index (χ2n) is 3.09. The monoisotopic (exact) mass is 228 g/mol. The molecule has 7 nitrogen and oxygen atoms in total. The second kappa shape index (κ2) is 6.09. The number of methoxy groups -OCH3 is 2. The van der Waals surface area contributed by atoms with Crippen LogP contribution >= 0.6 is 0 Å². The Hall–Kier alpha value is -1.60. The highest BCUT2D eigenvalue weighted by Gasteiger charge is 2.15. The number of nitrogen functional groups attached to an aromatic ring is 1. The van der Waals surface area contributed by atoms with Crippen LogP contribution in [0.15, 0.2) is 6.33 Å². The second-order valence-corrected chi connectivity index (χ2v) is 3.09. The number of ether oxygens (including phenoxy) is 3. The van der Waals surface area contributed by atoms with Crippen molar-refractivity contribution < 1.29 is 14.2 Å². The number of rotatable bonds is 6. The first-order valence-corrected chi connectivity index (χ1v) is 4.74. The summed E-state index contributed by atoms with van der Waals surface area (Å²) >= 11 is 0. The molecule has 0 aliphatic rings. The van der Waals surface area contributed by atoms with Crippen LogP contribution in [-0.2, 0) is 4.74 Å². The summed E-state index contributed by atoms with van der Waals surface area (Å²) in [6.07, 6.45) is 1.20. The normalized spacial score (nSPS) is 12.0. The molecule has 1 unspecified atom stereocenters. The van der Waals surface area contributed by atoms with Gasteiger partial charge < -0.3 is 19.6 Å². The van der Waals surface area contributed by atoms with E-state index in [2.05, 4.69) is 15.4 Å². The van der Waals surface area contributed by atoms with Crippen molar-refractivity contribution in [1.29, 1.82) is 0 Å². The Morgan fingerprint density at radius 3 is 2.75 bits per heavy atom.